The van der Waals surface area contributed by atoms with E-state index in [-0.39, 0.29) is 36.5 Å². The summed E-state index contributed by atoms with van der Waals surface area (Å²) in [5, 5.41) is 4.92. The lowest BCUT2D eigenvalue weighted by atomic mass is 10.0. The predicted octanol–water partition coefficient (Wildman–Crippen LogP) is 5.89. The van der Waals surface area contributed by atoms with Gasteiger partial charge in [0.2, 0.25) is 11.8 Å². The molecule has 3 amide bonds. The van der Waals surface area contributed by atoms with Crippen molar-refractivity contribution >= 4 is 34.2 Å². The summed E-state index contributed by atoms with van der Waals surface area (Å²) in [6.45, 7) is 3.04. The summed E-state index contributed by atoms with van der Waals surface area (Å²) >= 11 is 0. The fourth-order valence-electron chi connectivity index (χ4n) is 5.44. The SMILES string of the molecule is CCCNC(=O)C(Cc1ccccc1)N(Cc1ccc(F)cc1)C(=O)CCCN1C(=O)c2cccc3cccc1c23. The van der Waals surface area contributed by atoms with Gasteiger partial charge >= 0.3 is 0 Å². The number of nitrogens with one attached hydrogen (secondary N) is 1. The van der Waals surface area contributed by atoms with Crippen molar-refractivity contribution in [1.29, 1.82) is 0 Å². The molecule has 0 radical (unpaired) electrons. The first-order chi connectivity index (χ1) is 20.0. The number of nitrogens with zero attached hydrogens (tertiary/aromatic N) is 2. The monoisotopic (exact) mass is 551 g/mol. The fourth-order valence-corrected chi connectivity index (χ4v) is 5.44. The molecule has 0 aliphatic carbocycles. The van der Waals surface area contributed by atoms with E-state index in [1.165, 1.54) is 12.1 Å². The second-order valence-corrected chi connectivity index (χ2v) is 10.4. The van der Waals surface area contributed by atoms with Gasteiger partial charge in [0.25, 0.3) is 5.91 Å². The number of halogens is 1. The number of benzene rings is 4. The van der Waals surface area contributed by atoms with Crippen LogP contribution in [0.5, 0.6) is 0 Å². The lowest BCUT2D eigenvalue weighted by Gasteiger charge is -2.32. The highest BCUT2D eigenvalue weighted by Crippen LogP contribution is 2.37. The molecule has 7 heteroatoms. The van der Waals surface area contributed by atoms with Crippen LogP contribution in [0.25, 0.3) is 10.8 Å². The van der Waals surface area contributed by atoms with Crippen LogP contribution >= 0.6 is 0 Å². The highest BCUT2D eigenvalue weighted by molar-refractivity contribution is 6.25. The summed E-state index contributed by atoms with van der Waals surface area (Å²) in [6, 6.07) is 26.5. The second-order valence-electron chi connectivity index (χ2n) is 10.4. The molecule has 1 N–H and O–H groups in total. The van der Waals surface area contributed by atoms with Crippen LogP contribution in [0.2, 0.25) is 0 Å². The number of hydrogen-bond donors (Lipinski definition) is 1. The van der Waals surface area contributed by atoms with Crippen molar-refractivity contribution in [2.45, 2.75) is 45.2 Å². The third-order valence-electron chi connectivity index (χ3n) is 7.51. The van der Waals surface area contributed by atoms with Crippen LogP contribution in [-0.4, -0.2) is 41.8 Å². The van der Waals surface area contributed by atoms with Crippen LogP contribution in [0, 0.1) is 5.82 Å². The molecular weight excluding hydrogens is 517 g/mol. The Morgan fingerprint density at radius 1 is 0.902 bits per heavy atom. The maximum Gasteiger partial charge on any atom is 0.258 e. The molecule has 41 heavy (non-hydrogen) atoms. The maximum atomic E-state index is 13.9. The van der Waals surface area contributed by atoms with Crippen molar-refractivity contribution in [2.24, 2.45) is 0 Å². The first-order valence-corrected chi connectivity index (χ1v) is 14.2. The second kappa shape index (κ2) is 12.8. The first kappa shape index (κ1) is 28.0. The topological polar surface area (TPSA) is 69.7 Å². The Morgan fingerprint density at radius 2 is 1.63 bits per heavy atom. The van der Waals surface area contributed by atoms with E-state index >= 15 is 0 Å². The molecule has 0 bridgehead atoms. The summed E-state index contributed by atoms with van der Waals surface area (Å²) < 4.78 is 13.6. The smallest absolute Gasteiger partial charge is 0.258 e. The zero-order valence-corrected chi connectivity index (χ0v) is 23.2. The highest BCUT2D eigenvalue weighted by atomic mass is 19.1. The zero-order chi connectivity index (χ0) is 28.8. The van der Waals surface area contributed by atoms with E-state index in [9.17, 15) is 18.8 Å². The quantitative estimate of drug-likeness (QED) is 0.239. The van der Waals surface area contributed by atoms with E-state index < -0.39 is 6.04 Å². The molecule has 0 aromatic heterocycles. The summed E-state index contributed by atoms with van der Waals surface area (Å²) in [5.41, 5.74) is 3.21. The summed E-state index contributed by atoms with van der Waals surface area (Å²) in [5.74, 6) is -0.833. The van der Waals surface area contributed by atoms with Gasteiger partial charge in [-0.25, -0.2) is 4.39 Å². The summed E-state index contributed by atoms with van der Waals surface area (Å²) in [7, 11) is 0. The van der Waals surface area contributed by atoms with E-state index in [0.717, 1.165) is 34.0 Å². The molecule has 4 aromatic carbocycles. The fraction of sp³-hybridized carbons (Fsp3) is 0.265. The van der Waals surface area contributed by atoms with Crippen molar-refractivity contribution in [2.75, 3.05) is 18.0 Å². The molecule has 0 saturated heterocycles. The Kier molecular flexibility index (Phi) is 8.73. The zero-order valence-electron chi connectivity index (χ0n) is 23.2. The van der Waals surface area contributed by atoms with Gasteiger partial charge in [0.1, 0.15) is 11.9 Å². The van der Waals surface area contributed by atoms with Crippen LogP contribution in [0.15, 0.2) is 91.0 Å². The Morgan fingerprint density at radius 3 is 2.37 bits per heavy atom. The molecule has 6 nitrogen and oxygen atoms in total. The van der Waals surface area contributed by atoms with Crippen LogP contribution in [0.4, 0.5) is 10.1 Å². The molecule has 0 saturated carbocycles. The number of rotatable bonds is 12. The Balaban J connectivity index is 1.36. The molecule has 1 aliphatic heterocycles. The predicted molar refractivity (Wildman–Crippen MR) is 159 cm³/mol. The number of hydrogen-bond acceptors (Lipinski definition) is 3. The molecule has 1 aliphatic rings. The van der Waals surface area contributed by atoms with Gasteiger partial charge in [0.05, 0.1) is 5.69 Å². The number of amides is 3. The third kappa shape index (κ3) is 6.30. The minimum absolute atomic E-state index is 0.0617. The largest absolute Gasteiger partial charge is 0.354 e. The van der Waals surface area contributed by atoms with Gasteiger partial charge in [0.15, 0.2) is 0 Å². The third-order valence-corrected chi connectivity index (χ3v) is 7.51. The minimum Gasteiger partial charge on any atom is -0.354 e. The van der Waals surface area contributed by atoms with Crippen LogP contribution in [0.3, 0.4) is 0 Å². The van der Waals surface area contributed by atoms with E-state index in [4.69, 9.17) is 0 Å². The van der Waals surface area contributed by atoms with Gasteiger partial charge in [-0.1, -0.05) is 73.7 Å². The molecule has 210 valence electrons. The molecule has 0 spiro atoms. The summed E-state index contributed by atoms with van der Waals surface area (Å²) in [4.78, 5) is 43.8. The van der Waals surface area contributed by atoms with Gasteiger partial charge in [-0.05, 0) is 53.6 Å². The van der Waals surface area contributed by atoms with E-state index in [0.29, 0.717) is 31.5 Å². The Bertz CT molecular complexity index is 1530. The molecule has 4 aromatic rings. The number of carbonyl (C=O) groups excluding carboxylic acids is 3. The highest BCUT2D eigenvalue weighted by Gasteiger charge is 2.32. The Labute approximate surface area is 239 Å². The van der Waals surface area contributed by atoms with Crippen molar-refractivity contribution in [1.82, 2.24) is 10.2 Å². The Hall–Kier alpha value is -4.52. The van der Waals surface area contributed by atoms with Crippen LogP contribution < -0.4 is 10.2 Å². The molecule has 1 heterocycles. The first-order valence-electron chi connectivity index (χ1n) is 14.2. The van der Waals surface area contributed by atoms with Gasteiger partial charge in [0, 0.05) is 43.4 Å². The van der Waals surface area contributed by atoms with Crippen LogP contribution in [-0.2, 0) is 22.6 Å². The van der Waals surface area contributed by atoms with Gasteiger partial charge in [-0.3, -0.25) is 14.4 Å². The molecule has 5 rings (SSSR count). The van der Waals surface area contributed by atoms with Gasteiger partial charge in [-0.2, -0.15) is 0 Å². The van der Waals surface area contributed by atoms with Gasteiger partial charge < -0.3 is 15.1 Å². The average Bonchev–Trinajstić information content (AvgIpc) is 3.27. The molecule has 1 atom stereocenters. The van der Waals surface area contributed by atoms with Crippen molar-refractivity contribution in [3.63, 3.8) is 0 Å². The van der Waals surface area contributed by atoms with E-state index in [1.54, 1.807) is 21.9 Å². The maximum absolute atomic E-state index is 13.9. The summed E-state index contributed by atoms with van der Waals surface area (Å²) in [6.07, 6.45) is 1.72. The minimum atomic E-state index is -0.743. The lowest BCUT2D eigenvalue weighted by Crippen LogP contribution is -2.50. The van der Waals surface area contributed by atoms with E-state index in [2.05, 4.69) is 5.32 Å². The normalized spacial score (nSPS) is 12.9. The van der Waals surface area contributed by atoms with Crippen molar-refractivity contribution in [3.05, 3.63) is 114 Å². The van der Waals surface area contributed by atoms with E-state index in [1.807, 2.05) is 73.7 Å². The standard InChI is InChI=1S/C34H34FN3O3/c1-2-20-36-33(40)30(22-24-9-4-3-5-10-24)38(23-25-16-18-27(35)19-17-25)31(39)15-8-21-37-29-14-7-12-26-11-6-13-28(32(26)29)34(37)41/h3-7,9-14,16-19,30H,2,8,15,20-23H2,1H3,(H,36,40). The molecule has 0 fully saturated rings. The number of anilines is 1. The molecule has 1 unspecified atom stereocenters. The molecular formula is C34H34FN3O3. The van der Waals surface area contributed by atoms with Gasteiger partial charge in [-0.15, -0.1) is 0 Å². The number of carbonyl (C=O) groups is 3. The van der Waals surface area contributed by atoms with Crippen molar-refractivity contribution in [3.8, 4) is 0 Å². The lowest BCUT2D eigenvalue weighted by molar-refractivity contribution is -0.141. The van der Waals surface area contributed by atoms with Crippen LogP contribution in [0.1, 0.15) is 47.7 Å². The van der Waals surface area contributed by atoms with Crippen molar-refractivity contribution < 1.29 is 18.8 Å². The average molecular weight is 552 g/mol.